The number of ether oxygens (including phenoxy) is 1. The number of esters is 1. The molecule has 4 rings (SSSR count). The minimum atomic E-state index is -0.685. The van der Waals surface area contributed by atoms with E-state index in [2.05, 4.69) is 38.1 Å². The molecule has 2 aliphatic rings. The van der Waals surface area contributed by atoms with Gasteiger partial charge in [-0.15, -0.1) is 0 Å². The summed E-state index contributed by atoms with van der Waals surface area (Å²) in [6.45, 7) is 4.26. The van der Waals surface area contributed by atoms with E-state index in [0.29, 0.717) is 12.3 Å². The van der Waals surface area contributed by atoms with E-state index in [1.54, 1.807) is 0 Å². The number of aliphatic hydroxyl groups excluding tert-OH is 1. The molecule has 1 heterocycles. The molecule has 3 nitrogen and oxygen atoms in total. The lowest BCUT2D eigenvalue weighted by Crippen LogP contribution is -2.31. The van der Waals surface area contributed by atoms with Crippen molar-refractivity contribution in [1.29, 1.82) is 0 Å². The molecule has 4 heteroatoms. The molecular formula is C30H33FO3. The Bertz CT molecular complexity index is 1110. The number of halogens is 1. The van der Waals surface area contributed by atoms with Crippen molar-refractivity contribution in [2.45, 2.75) is 64.6 Å². The van der Waals surface area contributed by atoms with Gasteiger partial charge in [0.15, 0.2) is 0 Å². The van der Waals surface area contributed by atoms with E-state index >= 15 is 0 Å². The maximum absolute atomic E-state index is 13.8. The number of unbranched alkanes of at least 4 members (excludes halogenated alkanes) is 1. The molecule has 1 aliphatic heterocycles. The van der Waals surface area contributed by atoms with Gasteiger partial charge in [0.05, 0.1) is 12.5 Å². The van der Waals surface area contributed by atoms with Crippen LogP contribution >= 0.6 is 0 Å². The van der Waals surface area contributed by atoms with Gasteiger partial charge in [0.25, 0.3) is 0 Å². The third-order valence-corrected chi connectivity index (χ3v) is 6.46. The summed E-state index contributed by atoms with van der Waals surface area (Å²) >= 11 is 0. The van der Waals surface area contributed by atoms with Gasteiger partial charge in [0, 0.05) is 6.42 Å². The van der Waals surface area contributed by atoms with Crippen molar-refractivity contribution in [3.05, 3.63) is 100 Å². The molecule has 1 saturated carbocycles. The van der Waals surface area contributed by atoms with E-state index in [0.717, 1.165) is 53.5 Å². The van der Waals surface area contributed by atoms with Crippen LogP contribution in [0.2, 0.25) is 0 Å². The quantitative estimate of drug-likeness (QED) is 0.352. The van der Waals surface area contributed by atoms with Crippen LogP contribution in [0.25, 0.3) is 5.57 Å². The second-order valence-corrected chi connectivity index (χ2v) is 9.31. The van der Waals surface area contributed by atoms with Crippen LogP contribution in [-0.2, 0) is 9.53 Å². The smallest absolute Gasteiger partial charge is 0.309 e. The first-order valence-electron chi connectivity index (χ1n) is 12.3. The summed E-state index contributed by atoms with van der Waals surface area (Å²) in [5.74, 6) is -0.150. The number of carbonyl (C=O) groups is 1. The summed E-state index contributed by atoms with van der Waals surface area (Å²) in [4.78, 5) is 11.9. The molecule has 0 amide bonds. The van der Waals surface area contributed by atoms with E-state index in [-0.39, 0.29) is 18.2 Å². The van der Waals surface area contributed by atoms with Crippen LogP contribution in [0.4, 0.5) is 4.39 Å². The molecule has 1 N–H and O–H groups in total. The third-order valence-electron chi connectivity index (χ3n) is 6.46. The maximum atomic E-state index is 13.8. The number of allylic oxidation sites excluding steroid dienone is 4. The van der Waals surface area contributed by atoms with E-state index < -0.39 is 12.2 Å². The van der Waals surface area contributed by atoms with Gasteiger partial charge in [0.2, 0.25) is 0 Å². The van der Waals surface area contributed by atoms with Crippen LogP contribution in [0, 0.1) is 18.7 Å². The molecule has 0 radical (unpaired) electrons. The highest BCUT2D eigenvalue weighted by molar-refractivity contribution is 5.87. The van der Waals surface area contributed by atoms with Crippen LogP contribution in [-0.4, -0.2) is 23.3 Å². The molecule has 2 fully saturated rings. The predicted molar refractivity (Wildman–Crippen MR) is 134 cm³/mol. The number of carbonyl (C=O) groups excluding carboxylic acids is 1. The van der Waals surface area contributed by atoms with Crippen molar-refractivity contribution < 1.29 is 19.0 Å². The van der Waals surface area contributed by atoms with Crippen LogP contribution in [0.15, 0.2) is 77.9 Å². The lowest BCUT2D eigenvalue weighted by atomic mass is 9.85. The molecule has 0 bridgehead atoms. The number of cyclic esters (lactones) is 1. The monoisotopic (exact) mass is 460 g/mol. The molecule has 2 aromatic rings. The van der Waals surface area contributed by atoms with Crippen molar-refractivity contribution in [3.63, 3.8) is 0 Å². The molecule has 178 valence electrons. The lowest BCUT2D eigenvalue weighted by Gasteiger charge is -2.24. The Morgan fingerprint density at radius 2 is 1.88 bits per heavy atom. The third kappa shape index (κ3) is 5.92. The second-order valence-electron chi connectivity index (χ2n) is 9.31. The Morgan fingerprint density at radius 1 is 1.15 bits per heavy atom. The summed E-state index contributed by atoms with van der Waals surface area (Å²) in [6.07, 6.45) is 9.90. The Balaban J connectivity index is 1.91. The number of aryl methyl sites for hydroxylation is 1. The Kier molecular flexibility index (Phi) is 7.79. The van der Waals surface area contributed by atoms with Crippen molar-refractivity contribution in [1.82, 2.24) is 0 Å². The fourth-order valence-corrected chi connectivity index (χ4v) is 4.57. The summed E-state index contributed by atoms with van der Waals surface area (Å²) in [5, 5.41) is 10.1. The van der Waals surface area contributed by atoms with Crippen molar-refractivity contribution in [2.75, 3.05) is 0 Å². The molecular weight excluding hydrogens is 427 g/mol. The van der Waals surface area contributed by atoms with E-state index in [9.17, 15) is 14.3 Å². The van der Waals surface area contributed by atoms with Gasteiger partial charge in [-0.3, -0.25) is 4.79 Å². The van der Waals surface area contributed by atoms with Crippen LogP contribution in [0.1, 0.15) is 62.1 Å². The number of hydrogen-bond acceptors (Lipinski definition) is 3. The van der Waals surface area contributed by atoms with Crippen LogP contribution < -0.4 is 0 Å². The van der Waals surface area contributed by atoms with Gasteiger partial charge in [-0.2, -0.15) is 0 Å². The molecule has 34 heavy (non-hydrogen) atoms. The van der Waals surface area contributed by atoms with Crippen molar-refractivity contribution in [3.8, 4) is 0 Å². The van der Waals surface area contributed by atoms with E-state index in [4.69, 9.17) is 4.74 Å². The molecule has 1 aliphatic carbocycles. The van der Waals surface area contributed by atoms with Gasteiger partial charge < -0.3 is 9.84 Å². The topological polar surface area (TPSA) is 46.5 Å². The summed E-state index contributed by atoms with van der Waals surface area (Å²) < 4.78 is 19.3. The highest BCUT2D eigenvalue weighted by Gasteiger charge is 2.30. The van der Waals surface area contributed by atoms with Gasteiger partial charge in [0.1, 0.15) is 11.9 Å². The standard InChI is InChI=1S/C30H33FO3/c1-3-4-8-27(21-10-11-21)28(17-16-25-18-24(32)19-29(33)34-25)30(22-12-14-23(31)15-13-22)26-9-6-5-7-20(26)2/h5-9,12-17,21,24-25,32H,3-4,10-11,18-19H2,1-2H3. The van der Waals surface area contributed by atoms with Gasteiger partial charge >= 0.3 is 5.97 Å². The van der Waals surface area contributed by atoms with Gasteiger partial charge in [-0.05, 0) is 83.7 Å². The average Bonchev–Trinajstić information content (AvgIpc) is 3.64. The summed E-state index contributed by atoms with van der Waals surface area (Å²) in [6, 6.07) is 14.9. The fourth-order valence-electron chi connectivity index (χ4n) is 4.57. The predicted octanol–water partition coefficient (Wildman–Crippen LogP) is 6.70. The Labute approximate surface area is 201 Å². The van der Waals surface area contributed by atoms with Crippen LogP contribution in [0.3, 0.4) is 0 Å². The Hall–Kier alpha value is -2.98. The van der Waals surface area contributed by atoms with Gasteiger partial charge in [-0.1, -0.05) is 61.9 Å². The summed E-state index contributed by atoms with van der Waals surface area (Å²) in [5.41, 5.74) is 6.59. The first-order valence-corrected chi connectivity index (χ1v) is 12.3. The normalized spacial score (nSPS) is 22.0. The number of benzene rings is 2. The van der Waals surface area contributed by atoms with Crippen LogP contribution in [0.5, 0.6) is 0 Å². The lowest BCUT2D eigenvalue weighted by molar-refractivity contribution is -0.156. The first kappa shape index (κ1) is 24.2. The molecule has 1 saturated heterocycles. The molecule has 2 atom stereocenters. The fraction of sp³-hybridized carbons (Fsp3) is 0.367. The highest BCUT2D eigenvalue weighted by atomic mass is 19.1. The first-order chi connectivity index (χ1) is 16.5. The number of hydrogen-bond donors (Lipinski definition) is 1. The molecule has 2 unspecified atom stereocenters. The van der Waals surface area contributed by atoms with Crippen molar-refractivity contribution in [2.24, 2.45) is 5.92 Å². The molecule has 0 aromatic heterocycles. The average molecular weight is 461 g/mol. The largest absolute Gasteiger partial charge is 0.458 e. The molecule has 2 aromatic carbocycles. The SMILES string of the molecule is CCCC=C(C(C=CC1CC(O)CC(=O)O1)=C(c1ccc(F)cc1)c1ccccc1C)C1CC1. The zero-order chi connectivity index (χ0) is 24.1. The number of aliphatic hydroxyl groups is 1. The second kappa shape index (κ2) is 11.0. The highest BCUT2D eigenvalue weighted by Crippen LogP contribution is 2.44. The van der Waals surface area contributed by atoms with E-state index in [1.807, 2.05) is 30.3 Å². The van der Waals surface area contributed by atoms with Crippen molar-refractivity contribution >= 4 is 11.5 Å². The zero-order valence-electron chi connectivity index (χ0n) is 20.0. The van der Waals surface area contributed by atoms with E-state index in [1.165, 1.54) is 17.7 Å². The van der Waals surface area contributed by atoms with Gasteiger partial charge in [-0.25, -0.2) is 4.39 Å². The Morgan fingerprint density at radius 3 is 2.53 bits per heavy atom. The minimum Gasteiger partial charge on any atom is -0.458 e. The summed E-state index contributed by atoms with van der Waals surface area (Å²) in [7, 11) is 0. The molecule has 0 spiro atoms. The maximum Gasteiger partial charge on any atom is 0.309 e. The zero-order valence-corrected chi connectivity index (χ0v) is 20.0. The number of rotatable bonds is 8. The minimum absolute atomic E-state index is 0.0425.